The summed E-state index contributed by atoms with van der Waals surface area (Å²) in [6, 6.07) is 15.1. The van der Waals surface area contributed by atoms with E-state index in [0.717, 1.165) is 22.8 Å². The summed E-state index contributed by atoms with van der Waals surface area (Å²) < 4.78 is 4.30. The topological polar surface area (TPSA) is 80.9 Å². The molecule has 0 unspecified atom stereocenters. The van der Waals surface area contributed by atoms with E-state index in [4.69, 9.17) is 5.73 Å². The van der Waals surface area contributed by atoms with Crippen LogP contribution in [0.15, 0.2) is 54.7 Å². The fourth-order valence-corrected chi connectivity index (χ4v) is 2.76. The number of benzene rings is 1. The highest BCUT2D eigenvalue weighted by molar-refractivity contribution is 7.09. The first-order valence-corrected chi connectivity index (χ1v) is 7.51. The monoisotopic (exact) mass is 310 g/mol. The van der Waals surface area contributed by atoms with Gasteiger partial charge in [-0.25, -0.2) is 0 Å². The number of aromatic nitrogens is 2. The van der Waals surface area contributed by atoms with Gasteiger partial charge in [0, 0.05) is 11.8 Å². The Balaban J connectivity index is 1.75. The fourth-order valence-electron chi connectivity index (χ4n) is 2.02. The van der Waals surface area contributed by atoms with Crippen molar-refractivity contribution in [3.05, 3.63) is 65.3 Å². The van der Waals surface area contributed by atoms with E-state index >= 15 is 0 Å². The number of nitrogens with one attached hydrogen (secondary N) is 1. The molecule has 3 N–H and O–H groups in total. The number of carbonyl (C=O) groups is 1. The van der Waals surface area contributed by atoms with Crippen LogP contribution in [-0.4, -0.2) is 15.3 Å². The van der Waals surface area contributed by atoms with E-state index in [9.17, 15) is 4.79 Å². The molecule has 5 nitrogen and oxygen atoms in total. The van der Waals surface area contributed by atoms with Gasteiger partial charge in [-0.1, -0.05) is 36.4 Å². The Hall–Kier alpha value is -2.73. The van der Waals surface area contributed by atoms with Crippen LogP contribution in [0.3, 0.4) is 0 Å². The standard InChI is InChI=1S/C16H14N4OS/c17-13-14(11-6-2-1-3-7-11)20-22-15(13)16(21)19-10-12-8-4-5-9-18-12/h1-9H,10,17H2,(H,19,21). The van der Waals surface area contributed by atoms with Crippen LogP contribution in [0.25, 0.3) is 11.3 Å². The highest BCUT2D eigenvalue weighted by Crippen LogP contribution is 2.30. The molecular formula is C16H14N4OS. The van der Waals surface area contributed by atoms with Crippen molar-refractivity contribution in [1.82, 2.24) is 14.7 Å². The van der Waals surface area contributed by atoms with Gasteiger partial charge in [-0.05, 0) is 23.7 Å². The summed E-state index contributed by atoms with van der Waals surface area (Å²) in [5, 5.41) is 2.81. The van der Waals surface area contributed by atoms with Crippen molar-refractivity contribution in [3.63, 3.8) is 0 Å². The molecule has 0 aliphatic rings. The third-order valence-electron chi connectivity index (χ3n) is 3.14. The number of nitrogens with zero attached hydrogens (tertiary/aromatic N) is 2. The molecule has 3 rings (SSSR count). The van der Waals surface area contributed by atoms with Gasteiger partial charge in [0.05, 0.1) is 17.9 Å². The predicted octanol–water partition coefficient (Wildman–Crippen LogP) is 2.72. The van der Waals surface area contributed by atoms with Crippen molar-refractivity contribution >= 4 is 23.1 Å². The maximum atomic E-state index is 12.2. The first-order chi connectivity index (χ1) is 10.8. The number of carbonyl (C=O) groups excluding carboxylic acids is 1. The van der Waals surface area contributed by atoms with Crippen molar-refractivity contribution in [2.45, 2.75) is 6.54 Å². The molecular weight excluding hydrogens is 296 g/mol. The number of pyridine rings is 1. The van der Waals surface area contributed by atoms with E-state index in [1.54, 1.807) is 6.20 Å². The Labute approximate surface area is 132 Å². The zero-order valence-corrected chi connectivity index (χ0v) is 12.5. The zero-order chi connectivity index (χ0) is 15.4. The second-order valence-electron chi connectivity index (χ2n) is 4.64. The molecule has 0 radical (unpaired) electrons. The smallest absolute Gasteiger partial charge is 0.265 e. The molecule has 0 aliphatic carbocycles. The molecule has 2 aromatic heterocycles. The van der Waals surface area contributed by atoms with Gasteiger partial charge in [-0.2, -0.15) is 4.37 Å². The van der Waals surface area contributed by atoms with E-state index in [2.05, 4.69) is 14.7 Å². The average Bonchev–Trinajstić information content (AvgIpc) is 2.96. The predicted molar refractivity (Wildman–Crippen MR) is 87.4 cm³/mol. The maximum Gasteiger partial charge on any atom is 0.265 e. The number of rotatable bonds is 4. The van der Waals surface area contributed by atoms with Crippen LogP contribution >= 0.6 is 11.5 Å². The van der Waals surface area contributed by atoms with Crippen LogP contribution in [0, 0.1) is 0 Å². The molecule has 110 valence electrons. The maximum absolute atomic E-state index is 12.2. The molecule has 0 saturated heterocycles. The number of hydrogen-bond donors (Lipinski definition) is 2. The van der Waals surface area contributed by atoms with Gasteiger partial charge >= 0.3 is 0 Å². The summed E-state index contributed by atoms with van der Waals surface area (Å²) in [6.07, 6.45) is 1.69. The lowest BCUT2D eigenvalue weighted by Gasteiger charge is -2.04. The third-order valence-corrected chi connectivity index (χ3v) is 4.00. The molecule has 0 fully saturated rings. The SMILES string of the molecule is Nc1c(-c2ccccc2)nsc1C(=O)NCc1ccccn1. The average molecular weight is 310 g/mol. The van der Waals surface area contributed by atoms with Crippen molar-refractivity contribution in [2.75, 3.05) is 5.73 Å². The van der Waals surface area contributed by atoms with Gasteiger partial charge in [-0.3, -0.25) is 9.78 Å². The van der Waals surface area contributed by atoms with Crippen LogP contribution in [0.4, 0.5) is 5.69 Å². The van der Waals surface area contributed by atoms with Gasteiger partial charge in [-0.15, -0.1) is 0 Å². The van der Waals surface area contributed by atoms with Crippen LogP contribution in [0.2, 0.25) is 0 Å². The molecule has 0 bridgehead atoms. The minimum absolute atomic E-state index is 0.233. The molecule has 22 heavy (non-hydrogen) atoms. The third kappa shape index (κ3) is 2.96. The lowest BCUT2D eigenvalue weighted by Crippen LogP contribution is -2.23. The summed E-state index contributed by atoms with van der Waals surface area (Å²) in [5.74, 6) is -0.233. The quantitative estimate of drug-likeness (QED) is 0.776. The molecule has 3 aromatic rings. The van der Waals surface area contributed by atoms with Crippen LogP contribution in [0.5, 0.6) is 0 Å². The van der Waals surface area contributed by atoms with E-state index in [1.165, 1.54) is 0 Å². The molecule has 1 aromatic carbocycles. The second-order valence-corrected chi connectivity index (χ2v) is 5.42. The lowest BCUT2D eigenvalue weighted by atomic mass is 10.1. The summed E-state index contributed by atoms with van der Waals surface area (Å²) in [4.78, 5) is 16.8. The van der Waals surface area contributed by atoms with Gasteiger partial charge in [0.2, 0.25) is 0 Å². The highest BCUT2D eigenvalue weighted by atomic mass is 32.1. The van der Waals surface area contributed by atoms with Crippen LogP contribution < -0.4 is 11.1 Å². The van der Waals surface area contributed by atoms with E-state index in [-0.39, 0.29) is 5.91 Å². The summed E-state index contributed by atoms with van der Waals surface area (Å²) in [7, 11) is 0. The Bertz CT molecular complexity index is 771. The largest absolute Gasteiger partial charge is 0.396 e. The number of anilines is 1. The molecule has 0 aliphatic heterocycles. The van der Waals surface area contributed by atoms with Gasteiger partial charge in [0.1, 0.15) is 10.6 Å². The van der Waals surface area contributed by atoms with Crippen molar-refractivity contribution in [1.29, 1.82) is 0 Å². The molecule has 0 spiro atoms. The summed E-state index contributed by atoms with van der Waals surface area (Å²) in [5.41, 5.74) is 8.83. The molecule has 0 atom stereocenters. The van der Waals surface area contributed by atoms with Crippen molar-refractivity contribution in [3.8, 4) is 11.3 Å². The lowest BCUT2D eigenvalue weighted by molar-refractivity contribution is 0.0955. The first-order valence-electron chi connectivity index (χ1n) is 6.74. The molecule has 1 amide bonds. The van der Waals surface area contributed by atoms with Gasteiger partial charge in [0.25, 0.3) is 5.91 Å². The number of hydrogen-bond acceptors (Lipinski definition) is 5. The van der Waals surface area contributed by atoms with Crippen molar-refractivity contribution < 1.29 is 4.79 Å². The molecule has 0 saturated carbocycles. The minimum atomic E-state index is -0.233. The van der Waals surface area contributed by atoms with E-state index in [1.807, 2.05) is 48.5 Å². The summed E-state index contributed by atoms with van der Waals surface area (Å²) >= 11 is 1.11. The first kappa shape index (κ1) is 14.2. The van der Waals surface area contributed by atoms with Crippen LogP contribution in [-0.2, 0) is 6.54 Å². The van der Waals surface area contributed by atoms with E-state index in [0.29, 0.717) is 22.8 Å². The Kier molecular flexibility index (Phi) is 4.11. The van der Waals surface area contributed by atoms with Crippen LogP contribution in [0.1, 0.15) is 15.4 Å². The van der Waals surface area contributed by atoms with E-state index < -0.39 is 0 Å². The number of amides is 1. The second kappa shape index (κ2) is 6.36. The molecule has 2 heterocycles. The molecule has 6 heteroatoms. The fraction of sp³-hybridized carbons (Fsp3) is 0.0625. The van der Waals surface area contributed by atoms with Gasteiger partial charge < -0.3 is 11.1 Å². The Morgan fingerprint density at radius 2 is 1.91 bits per heavy atom. The Morgan fingerprint density at radius 3 is 2.64 bits per heavy atom. The highest BCUT2D eigenvalue weighted by Gasteiger charge is 2.18. The normalized spacial score (nSPS) is 10.4. The van der Waals surface area contributed by atoms with Gasteiger partial charge in [0.15, 0.2) is 0 Å². The minimum Gasteiger partial charge on any atom is -0.396 e. The number of nitrogens with two attached hydrogens (primary N) is 1. The van der Waals surface area contributed by atoms with Crippen molar-refractivity contribution in [2.24, 2.45) is 0 Å². The number of nitrogen functional groups attached to an aromatic ring is 1. The zero-order valence-electron chi connectivity index (χ0n) is 11.7. The summed E-state index contributed by atoms with van der Waals surface area (Å²) in [6.45, 7) is 0.359. The Morgan fingerprint density at radius 1 is 1.14 bits per heavy atom.